The van der Waals surface area contributed by atoms with Gasteiger partial charge in [-0.1, -0.05) is 18.2 Å². The van der Waals surface area contributed by atoms with Crippen LogP contribution in [0.1, 0.15) is 5.56 Å². The fraction of sp³-hybridized carbons (Fsp3) is 0.125. The van der Waals surface area contributed by atoms with Gasteiger partial charge in [0, 0.05) is 6.21 Å². The van der Waals surface area contributed by atoms with Crippen molar-refractivity contribution in [3.05, 3.63) is 51.6 Å². The lowest BCUT2D eigenvalue weighted by Gasteiger charge is -2.12. The number of rotatable bonds is 6. The summed E-state index contributed by atoms with van der Waals surface area (Å²) in [5.41, 5.74) is 1.69. The summed E-state index contributed by atoms with van der Waals surface area (Å²) in [6.45, 7) is -0.413. The molecule has 0 bridgehead atoms. The summed E-state index contributed by atoms with van der Waals surface area (Å²) in [4.78, 5) is 15.0. The third-order valence-electron chi connectivity index (χ3n) is 2.71. The number of aliphatic carboxylic acids is 1. The average Bonchev–Trinajstić information content (AvgIpc) is 2.52. The molecule has 0 fully saturated rings. The van der Waals surface area contributed by atoms with Gasteiger partial charge in [-0.05, 0) is 52.4 Å². The summed E-state index contributed by atoms with van der Waals surface area (Å²) in [7, 11) is 1.51. The van der Waals surface area contributed by atoms with E-state index in [-0.39, 0.29) is 0 Å². The summed E-state index contributed by atoms with van der Waals surface area (Å²) >= 11 is 2.08. The fourth-order valence-corrected chi connectivity index (χ4v) is 2.53. The minimum absolute atomic E-state index is 0.413. The van der Waals surface area contributed by atoms with Crippen LogP contribution in [0.2, 0.25) is 0 Å². The maximum absolute atomic E-state index is 10.6. The second kappa shape index (κ2) is 7.79. The molecule has 2 aromatic carbocycles. The topological polar surface area (TPSA) is 68.1 Å². The van der Waals surface area contributed by atoms with Crippen molar-refractivity contribution < 1.29 is 19.4 Å². The molecule has 0 heterocycles. The number of methoxy groups -OCH3 is 1. The predicted molar refractivity (Wildman–Crippen MR) is 92.5 cm³/mol. The summed E-state index contributed by atoms with van der Waals surface area (Å²) in [6, 6.07) is 13.2. The van der Waals surface area contributed by atoms with Gasteiger partial charge in [-0.2, -0.15) is 0 Å². The molecule has 0 amide bonds. The van der Waals surface area contributed by atoms with Gasteiger partial charge >= 0.3 is 5.97 Å². The SMILES string of the molecule is COc1cc(C=Nc2ccccc2)cc(I)c1OCC(=O)O. The van der Waals surface area contributed by atoms with Crippen LogP contribution in [0.3, 0.4) is 0 Å². The number of carbonyl (C=O) groups is 1. The molecule has 0 unspecified atom stereocenters. The molecule has 0 aliphatic carbocycles. The van der Waals surface area contributed by atoms with E-state index >= 15 is 0 Å². The Morgan fingerprint density at radius 3 is 2.68 bits per heavy atom. The number of ether oxygens (including phenoxy) is 2. The van der Waals surface area contributed by atoms with Crippen LogP contribution >= 0.6 is 22.6 Å². The van der Waals surface area contributed by atoms with Crippen molar-refractivity contribution in [3.8, 4) is 11.5 Å². The van der Waals surface area contributed by atoms with Crippen LogP contribution in [-0.4, -0.2) is 31.0 Å². The van der Waals surface area contributed by atoms with Gasteiger partial charge in [-0.25, -0.2) is 4.79 Å². The second-order valence-corrected chi connectivity index (χ2v) is 5.47. The van der Waals surface area contributed by atoms with Crippen LogP contribution in [0.25, 0.3) is 0 Å². The highest BCUT2D eigenvalue weighted by molar-refractivity contribution is 14.1. The Morgan fingerprint density at radius 1 is 1.32 bits per heavy atom. The molecule has 114 valence electrons. The Labute approximate surface area is 141 Å². The molecular formula is C16H14INO4. The van der Waals surface area contributed by atoms with Crippen LogP contribution in [-0.2, 0) is 4.79 Å². The Bertz CT molecular complexity index is 686. The van der Waals surface area contributed by atoms with Gasteiger partial charge in [0.1, 0.15) is 0 Å². The molecule has 0 saturated carbocycles. The first-order chi connectivity index (χ1) is 10.6. The second-order valence-electron chi connectivity index (χ2n) is 4.31. The number of nitrogens with zero attached hydrogens (tertiary/aromatic N) is 1. The molecule has 2 aromatic rings. The van der Waals surface area contributed by atoms with Crippen LogP contribution in [0.4, 0.5) is 5.69 Å². The Balaban J connectivity index is 2.25. The molecule has 0 aliphatic heterocycles. The largest absolute Gasteiger partial charge is 0.493 e. The summed E-state index contributed by atoms with van der Waals surface area (Å²) in [5.74, 6) is -0.141. The van der Waals surface area contributed by atoms with Crippen LogP contribution < -0.4 is 9.47 Å². The Morgan fingerprint density at radius 2 is 2.05 bits per heavy atom. The number of carboxylic acids is 1. The van der Waals surface area contributed by atoms with Gasteiger partial charge in [0.05, 0.1) is 16.4 Å². The number of carboxylic acid groups (broad SMARTS) is 1. The van der Waals surface area contributed by atoms with Gasteiger partial charge in [0.2, 0.25) is 0 Å². The number of para-hydroxylation sites is 1. The molecule has 0 radical (unpaired) electrons. The van der Waals surface area contributed by atoms with E-state index in [1.165, 1.54) is 7.11 Å². The highest BCUT2D eigenvalue weighted by Gasteiger charge is 2.12. The van der Waals surface area contributed by atoms with Gasteiger partial charge in [-0.3, -0.25) is 4.99 Å². The standard InChI is InChI=1S/C16H14INO4/c1-21-14-8-11(9-18-12-5-3-2-4-6-12)7-13(17)16(14)22-10-15(19)20/h2-9H,10H2,1H3,(H,19,20). The van der Waals surface area contributed by atoms with E-state index in [0.717, 1.165) is 14.8 Å². The number of halogens is 1. The summed E-state index contributed by atoms with van der Waals surface area (Å²) in [5, 5.41) is 8.70. The van der Waals surface area contributed by atoms with E-state index < -0.39 is 12.6 Å². The molecule has 0 spiro atoms. The van der Waals surface area contributed by atoms with Crippen molar-refractivity contribution in [3.63, 3.8) is 0 Å². The first kappa shape index (κ1) is 16.3. The third kappa shape index (κ3) is 4.45. The number of hydrogen-bond donors (Lipinski definition) is 1. The number of hydrogen-bond acceptors (Lipinski definition) is 4. The predicted octanol–water partition coefficient (Wildman–Crippen LogP) is 3.51. The summed E-state index contributed by atoms with van der Waals surface area (Å²) in [6.07, 6.45) is 1.72. The smallest absolute Gasteiger partial charge is 0.341 e. The van der Waals surface area contributed by atoms with Gasteiger partial charge in [-0.15, -0.1) is 0 Å². The first-order valence-electron chi connectivity index (χ1n) is 6.41. The molecule has 0 saturated heterocycles. The lowest BCUT2D eigenvalue weighted by Crippen LogP contribution is -2.11. The molecule has 5 nitrogen and oxygen atoms in total. The lowest BCUT2D eigenvalue weighted by molar-refractivity contribution is -0.139. The highest BCUT2D eigenvalue weighted by Crippen LogP contribution is 2.33. The Kier molecular flexibility index (Phi) is 5.76. The molecule has 1 N–H and O–H groups in total. The third-order valence-corrected chi connectivity index (χ3v) is 3.51. The van der Waals surface area contributed by atoms with Crippen molar-refractivity contribution in [2.75, 3.05) is 13.7 Å². The number of aliphatic imine (C=N–C) groups is 1. The zero-order chi connectivity index (χ0) is 15.9. The minimum Gasteiger partial charge on any atom is -0.493 e. The van der Waals surface area contributed by atoms with Gasteiger partial charge in [0.15, 0.2) is 18.1 Å². The number of benzene rings is 2. The van der Waals surface area contributed by atoms with Crippen LogP contribution in [0, 0.1) is 3.57 Å². The van der Waals surface area contributed by atoms with Crippen LogP contribution in [0.15, 0.2) is 47.5 Å². The highest BCUT2D eigenvalue weighted by atomic mass is 127. The first-order valence-corrected chi connectivity index (χ1v) is 7.49. The van der Waals surface area contributed by atoms with E-state index in [9.17, 15) is 4.79 Å². The van der Waals surface area contributed by atoms with E-state index in [4.69, 9.17) is 14.6 Å². The molecule has 22 heavy (non-hydrogen) atoms. The van der Waals surface area contributed by atoms with E-state index in [0.29, 0.717) is 11.5 Å². The summed E-state index contributed by atoms with van der Waals surface area (Å²) < 4.78 is 11.3. The van der Waals surface area contributed by atoms with Crippen molar-refractivity contribution in [1.29, 1.82) is 0 Å². The zero-order valence-corrected chi connectivity index (χ0v) is 14.0. The lowest BCUT2D eigenvalue weighted by atomic mass is 10.2. The maximum atomic E-state index is 10.6. The molecular weight excluding hydrogens is 397 g/mol. The average molecular weight is 411 g/mol. The molecule has 0 aliphatic rings. The van der Waals surface area contributed by atoms with Gasteiger partial charge < -0.3 is 14.6 Å². The van der Waals surface area contributed by atoms with Crippen molar-refractivity contribution in [2.45, 2.75) is 0 Å². The molecule has 0 aromatic heterocycles. The fourth-order valence-electron chi connectivity index (χ4n) is 1.75. The zero-order valence-electron chi connectivity index (χ0n) is 11.8. The van der Waals surface area contributed by atoms with Crippen LogP contribution in [0.5, 0.6) is 11.5 Å². The molecule has 2 rings (SSSR count). The maximum Gasteiger partial charge on any atom is 0.341 e. The van der Waals surface area contributed by atoms with Crippen molar-refractivity contribution in [2.24, 2.45) is 4.99 Å². The van der Waals surface area contributed by atoms with E-state index in [1.54, 1.807) is 12.3 Å². The molecule has 6 heteroatoms. The van der Waals surface area contributed by atoms with Crippen molar-refractivity contribution >= 4 is 40.5 Å². The molecule has 0 atom stereocenters. The van der Waals surface area contributed by atoms with E-state index in [1.807, 2.05) is 36.4 Å². The monoisotopic (exact) mass is 411 g/mol. The minimum atomic E-state index is -1.03. The van der Waals surface area contributed by atoms with Crippen molar-refractivity contribution in [1.82, 2.24) is 0 Å². The van der Waals surface area contributed by atoms with Gasteiger partial charge in [0.25, 0.3) is 0 Å². The van der Waals surface area contributed by atoms with E-state index in [2.05, 4.69) is 27.6 Å². The Hall–Kier alpha value is -2.09. The quantitative estimate of drug-likeness (QED) is 0.584. The normalized spacial score (nSPS) is 10.6.